The van der Waals surface area contributed by atoms with Crippen molar-refractivity contribution >= 4 is 35.1 Å². The van der Waals surface area contributed by atoms with Gasteiger partial charge in [0.15, 0.2) is 0 Å². The molecule has 1 fully saturated rings. The number of amides is 1. The second-order valence-electron chi connectivity index (χ2n) is 3.29. The first-order valence-electron chi connectivity index (χ1n) is 4.71. The Morgan fingerprint density at radius 1 is 1.67 bits per heavy atom. The summed E-state index contributed by atoms with van der Waals surface area (Å²) < 4.78 is 0. The summed E-state index contributed by atoms with van der Waals surface area (Å²) in [4.78, 5) is 17.5. The molecule has 80 valence electrons. The van der Waals surface area contributed by atoms with E-state index in [4.69, 9.17) is 0 Å². The predicted molar refractivity (Wildman–Crippen MR) is 64.7 cm³/mol. The van der Waals surface area contributed by atoms with Crippen molar-refractivity contribution in [3.05, 3.63) is 21.1 Å². The molecule has 1 aromatic heterocycles. The van der Waals surface area contributed by atoms with Gasteiger partial charge >= 0.3 is 0 Å². The van der Waals surface area contributed by atoms with Gasteiger partial charge in [0.25, 0.3) is 0 Å². The number of aromatic nitrogens is 1. The van der Waals surface area contributed by atoms with E-state index >= 15 is 0 Å². The van der Waals surface area contributed by atoms with Crippen LogP contribution in [0.25, 0.3) is 6.08 Å². The van der Waals surface area contributed by atoms with Crippen molar-refractivity contribution in [1.29, 1.82) is 0 Å². The van der Waals surface area contributed by atoms with Gasteiger partial charge in [-0.05, 0) is 13.0 Å². The van der Waals surface area contributed by atoms with Crippen molar-refractivity contribution in [3.63, 3.8) is 0 Å². The molecule has 1 aliphatic rings. The van der Waals surface area contributed by atoms with E-state index < -0.39 is 0 Å². The highest BCUT2D eigenvalue weighted by atomic mass is 32.2. The van der Waals surface area contributed by atoms with Gasteiger partial charge in [-0.15, -0.1) is 23.1 Å². The van der Waals surface area contributed by atoms with Crippen LogP contribution in [-0.4, -0.2) is 28.1 Å². The highest BCUT2D eigenvalue weighted by Crippen LogP contribution is 2.29. The molecule has 0 atom stereocenters. The minimum atomic E-state index is 0.109. The van der Waals surface area contributed by atoms with Crippen LogP contribution in [-0.2, 0) is 4.79 Å². The fraction of sp³-hybridized carbons (Fsp3) is 0.400. The summed E-state index contributed by atoms with van der Waals surface area (Å²) in [7, 11) is 0. The molecule has 0 spiro atoms. The lowest BCUT2D eigenvalue weighted by Gasteiger charge is -2.13. The van der Waals surface area contributed by atoms with E-state index in [0.29, 0.717) is 0 Å². The minimum Gasteiger partial charge on any atom is -0.306 e. The molecule has 1 saturated heterocycles. The fourth-order valence-corrected chi connectivity index (χ4v) is 3.07. The molecule has 0 aromatic carbocycles. The molecule has 2 rings (SSSR count). The molecule has 0 bridgehead atoms. The number of thiazole rings is 1. The number of rotatable bonds is 1. The van der Waals surface area contributed by atoms with Gasteiger partial charge in [-0.2, -0.15) is 0 Å². The predicted octanol–water partition coefficient (Wildman–Crippen LogP) is 2.35. The van der Waals surface area contributed by atoms with Crippen molar-refractivity contribution in [1.82, 2.24) is 9.88 Å². The molecule has 0 N–H and O–H groups in total. The standard InChI is InChI=1S/C10H12N2OS2/c1-7-11-9(6-15-7)5-10-12(8(2)13)3-4-14-10/h5-6H,3-4H2,1-2H3/b10-5+. The number of aryl methyl sites for hydroxylation is 1. The van der Waals surface area contributed by atoms with Crippen LogP contribution in [0.4, 0.5) is 0 Å². The Morgan fingerprint density at radius 2 is 2.47 bits per heavy atom. The molecule has 15 heavy (non-hydrogen) atoms. The zero-order chi connectivity index (χ0) is 10.8. The summed E-state index contributed by atoms with van der Waals surface area (Å²) in [6.45, 7) is 4.40. The normalized spacial score (nSPS) is 18.8. The van der Waals surface area contributed by atoms with Crippen molar-refractivity contribution in [3.8, 4) is 0 Å². The topological polar surface area (TPSA) is 33.2 Å². The molecular weight excluding hydrogens is 228 g/mol. The van der Waals surface area contributed by atoms with E-state index in [1.807, 2.05) is 18.4 Å². The Hall–Kier alpha value is -0.810. The number of hydrogen-bond donors (Lipinski definition) is 0. The van der Waals surface area contributed by atoms with E-state index in [-0.39, 0.29) is 5.91 Å². The van der Waals surface area contributed by atoms with Gasteiger partial charge in [-0.1, -0.05) is 0 Å². The van der Waals surface area contributed by atoms with E-state index in [9.17, 15) is 4.79 Å². The molecule has 0 unspecified atom stereocenters. The molecular formula is C10H12N2OS2. The fourth-order valence-electron chi connectivity index (χ4n) is 1.43. The van der Waals surface area contributed by atoms with Gasteiger partial charge < -0.3 is 4.90 Å². The number of nitrogens with zero attached hydrogens (tertiary/aromatic N) is 2. The number of thioether (sulfide) groups is 1. The van der Waals surface area contributed by atoms with Gasteiger partial charge in [-0.3, -0.25) is 4.79 Å². The number of carbonyl (C=O) groups is 1. The monoisotopic (exact) mass is 240 g/mol. The summed E-state index contributed by atoms with van der Waals surface area (Å²) in [6, 6.07) is 0. The van der Waals surface area contributed by atoms with Crippen molar-refractivity contribution < 1.29 is 4.79 Å². The first-order valence-corrected chi connectivity index (χ1v) is 6.58. The SMILES string of the molecule is CC(=O)N1CCS/C1=C/c1csc(C)n1. The minimum absolute atomic E-state index is 0.109. The smallest absolute Gasteiger partial charge is 0.224 e. The number of carbonyl (C=O) groups excluding carboxylic acids is 1. The highest BCUT2D eigenvalue weighted by Gasteiger charge is 2.21. The third kappa shape index (κ3) is 2.41. The molecule has 1 aliphatic heterocycles. The van der Waals surface area contributed by atoms with Crippen molar-refractivity contribution in [2.75, 3.05) is 12.3 Å². The average molecular weight is 240 g/mol. The van der Waals surface area contributed by atoms with Crippen molar-refractivity contribution in [2.45, 2.75) is 13.8 Å². The summed E-state index contributed by atoms with van der Waals surface area (Å²) in [5, 5.41) is 4.09. The Balaban J connectivity index is 2.22. The first kappa shape index (κ1) is 10.7. The van der Waals surface area contributed by atoms with Crippen LogP contribution in [0, 0.1) is 6.92 Å². The lowest BCUT2D eigenvalue weighted by molar-refractivity contribution is -0.126. The molecule has 0 radical (unpaired) electrons. The van der Waals surface area contributed by atoms with Gasteiger partial charge in [-0.25, -0.2) is 4.98 Å². The first-order chi connectivity index (χ1) is 7.16. The second-order valence-corrected chi connectivity index (χ2v) is 5.47. The summed E-state index contributed by atoms with van der Waals surface area (Å²) in [5.74, 6) is 1.09. The zero-order valence-electron chi connectivity index (χ0n) is 8.69. The lowest BCUT2D eigenvalue weighted by Crippen LogP contribution is -2.23. The van der Waals surface area contributed by atoms with E-state index in [1.54, 1.807) is 34.9 Å². The van der Waals surface area contributed by atoms with Crippen LogP contribution >= 0.6 is 23.1 Å². The second kappa shape index (κ2) is 4.37. The summed E-state index contributed by atoms with van der Waals surface area (Å²) in [5.41, 5.74) is 0.952. The van der Waals surface area contributed by atoms with Crippen LogP contribution in [0.15, 0.2) is 10.4 Å². The summed E-state index contributed by atoms with van der Waals surface area (Å²) in [6.07, 6.45) is 1.99. The van der Waals surface area contributed by atoms with E-state index in [1.165, 1.54) is 0 Å². The largest absolute Gasteiger partial charge is 0.306 e. The van der Waals surface area contributed by atoms with E-state index in [0.717, 1.165) is 28.0 Å². The van der Waals surface area contributed by atoms with E-state index in [2.05, 4.69) is 4.98 Å². The molecule has 2 heterocycles. The van der Waals surface area contributed by atoms with Crippen LogP contribution in [0.5, 0.6) is 0 Å². The van der Waals surface area contributed by atoms with Crippen LogP contribution < -0.4 is 0 Å². The quantitative estimate of drug-likeness (QED) is 0.755. The van der Waals surface area contributed by atoms with Crippen LogP contribution in [0.3, 0.4) is 0 Å². The highest BCUT2D eigenvalue weighted by molar-refractivity contribution is 8.03. The molecule has 0 aliphatic carbocycles. The van der Waals surface area contributed by atoms with Crippen LogP contribution in [0.2, 0.25) is 0 Å². The van der Waals surface area contributed by atoms with Gasteiger partial charge in [0.05, 0.1) is 15.7 Å². The Labute approximate surface area is 97.2 Å². The molecule has 5 heteroatoms. The van der Waals surface area contributed by atoms with Crippen molar-refractivity contribution in [2.24, 2.45) is 0 Å². The molecule has 3 nitrogen and oxygen atoms in total. The molecule has 1 amide bonds. The third-order valence-corrected chi connectivity index (χ3v) is 3.93. The van der Waals surface area contributed by atoms with Gasteiger partial charge in [0, 0.05) is 24.6 Å². The third-order valence-electron chi connectivity index (χ3n) is 2.12. The summed E-state index contributed by atoms with van der Waals surface area (Å²) >= 11 is 3.34. The molecule has 1 aromatic rings. The Kier molecular flexibility index (Phi) is 3.11. The number of hydrogen-bond acceptors (Lipinski definition) is 4. The lowest BCUT2D eigenvalue weighted by atomic mass is 10.4. The Morgan fingerprint density at radius 3 is 3.07 bits per heavy atom. The maximum atomic E-state index is 11.3. The maximum Gasteiger partial charge on any atom is 0.224 e. The van der Waals surface area contributed by atoms with Gasteiger partial charge in [0.1, 0.15) is 0 Å². The maximum absolute atomic E-state index is 11.3. The van der Waals surface area contributed by atoms with Gasteiger partial charge in [0.2, 0.25) is 5.91 Å². The van der Waals surface area contributed by atoms with Crippen LogP contribution in [0.1, 0.15) is 17.6 Å². The average Bonchev–Trinajstić information content (AvgIpc) is 2.75. The Bertz CT molecular complexity index is 411. The zero-order valence-corrected chi connectivity index (χ0v) is 10.3. The molecule has 0 saturated carbocycles.